The molecule has 2 rings (SSSR count). The Kier molecular flexibility index (Phi) is 2.68. The molecule has 0 aromatic heterocycles. The second-order valence-corrected chi connectivity index (χ2v) is 5.19. The first-order valence-corrected chi connectivity index (χ1v) is 5.91. The summed E-state index contributed by atoms with van der Waals surface area (Å²) in [6, 6.07) is 7.70. The van der Waals surface area contributed by atoms with E-state index in [2.05, 4.69) is 33.2 Å². The van der Waals surface area contributed by atoms with Gasteiger partial charge in [0, 0.05) is 3.57 Å². The molecule has 1 unspecified atom stereocenters. The van der Waals surface area contributed by atoms with Crippen molar-refractivity contribution < 1.29 is 4.79 Å². The summed E-state index contributed by atoms with van der Waals surface area (Å²) >= 11 is 7.39. The quantitative estimate of drug-likeness (QED) is 0.611. The van der Waals surface area contributed by atoms with Gasteiger partial charge in [0.05, 0.1) is 0 Å². The summed E-state index contributed by atoms with van der Waals surface area (Å²) in [5.41, 5.74) is 0.419. The van der Waals surface area contributed by atoms with Crippen molar-refractivity contribution >= 4 is 45.8 Å². The molecular weight excluding hydrogens is 323 g/mol. The second kappa shape index (κ2) is 3.71. The molecule has 1 aliphatic heterocycles. The number of hydrogen-bond acceptors (Lipinski definition) is 2. The summed E-state index contributed by atoms with van der Waals surface area (Å²) in [6.45, 7) is 1.90. The van der Waals surface area contributed by atoms with Gasteiger partial charge in [-0.1, -0.05) is 24.4 Å². The number of carbonyl (C=O) groups is 1. The molecule has 15 heavy (non-hydrogen) atoms. The van der Waals surface area contributed by atoms with Crippen LogP contribution in [0.15, 0.2) is 24.3 Å². The molecule has 1 heterocycles. The number of hydrogen-bond donors (Lipinski definition) is 2. The Bertz CT molecular complexity index is 432. The highest BCUT2D eigenvalue weighted by molar-refractivity contribution is 14.1. The zero-order chi connectivity index (χ0) is 11.1. The Hall–Kier alpha value is -0.690. The number of benzene rings is 1. The van der Waals surface area contributed by atoms with Gasteiger partial charge in [-0.05, 0) is 47.2 Å². The predicted octanol–water partition coefficient (Wildman–Crippen LogP) is 2.15. The van der Waals surface area contributed by atoms with Gasteiger partial charge in [0.25, 0.3) is 0 Å². The molecule has 1 saturated heterocycles. The van der Waals surface area contributed by atoms with Crippen LogP contribution in [-0.2, 0) is 5.54 Å². The molecule has 0 bridgehead atoms. The number of carbonyl (C=O) groups excluding carboxylic acids is 1. The van der Waals surface area contributed by atoms with Crippen LogP contribution in [0.25, 0.3) is 0 Å². The minimum absolute atomic E-state index is 0.235. The third-order valence-electron chi connectivity index (χ3n) is 2.47. The molecule has 0 saturated carbocycles. The van der Waals surface area contributed by atoms with Crippen molar-refractivity contribution in [3.63, 3.8) is 0 Å². The van der Waals surface area contributed by atoms with Gasteiger partial charge in [0.2, 0.25) is 0 Å². The van der Waals surface area contributed by atoms with Gasteiger partial charge < -0.3 is 5.32 Å². The molecule has 1 aromatic rings. The van der Waals surface area contributed by atoms with Crippen LogP contribution in [0, 0.1) is 3.57 Å². The number of amides is 2. The average molecular weight is 332 g/mol. The maximum Gasteiger partial charge on any atom is 0.320 e. The summed E-state index contributed by atoms with van der Waals surface area (Å²) in [7, 11) is 0. The zero-order valence-corrected chi connectivity index (χ0v) is 11.0. The molecule has 0 spiro atoms. The molecule has 0 aliphatic carbocycles. The van der Waals surface area contributed by atoms with Gasteiger partial charge >= 0.3 is 6.03 Å². The first kappa shape index (κ1) is 10.8. The summed E-state index contributed by atoms with van der Waals surface area (Å²) in [6.07, 6.45) is 0. The molecule has 1 fully saturated rings. The van der Waals surface area contributed by atoms with Gasteiger partial charge in [-0.3, -0.25) is 5.32 Å². The first-order valence-electron chi connectivity index (χ1n) is 4.42. The minimum Gasteiger partial charge on any atom is -0.322 e. The molecule has 1 aliphatic rings. The molecule has 3 nitrogen and oxygen atoms in total. The first-order chi connectivity index (χ1) is 7.02. The second-order valence-electron chi connectivity index (χ2n) is 3.54. The molecule has 0 radical (unpaired) electrons. The average Bonchev–Trinajstić information content (AvgIpc) is 2.42. The maximum absolute atomic E-state index is 11.2. The topological polar surface area (TPSA) is 41.1 Å². The van der Waals surface area contributed by atoms with E-state index in [0.29, 0.717) is 4.99 Å². The Morgan fingerprint density at radius 2 is 1.93 bits per heavy atom. The van der Waals surface area contributed by atoms with Crippen molar-refractivity contribution in [2.75, 3.05) is 0 Å². The SMILES string of the molecule is CC1(c2ccc(I)cc2)NC(=O)NC1=S. The van der Waals surface area contributed by atoms with Crippen molar-refractivity contribution in [1.29, 1.82) is 0 Å². The Balaban J connectivity index is 2.41. The van der Waals surface area contributed by atoms with E-state index in [1.165, 1.54) is 0 Å². The molecule has 2 N–H and O–H groups in total. The highest BCUT2D eigenvalue weighted by atomic mass is 127. The lowest BCUT2D eigenvalue weighted by atomic mass is 9.93. The highest BCUT2D eigenvalue weighted by Crippen LogP contribution is 2.25. The summed E-state index contributed by atoms with van der Waals surface area (Å²) in [5, 5.41) is 5.42. The van der Waals surface area contributed by atoms with E-state index in [4.69, 9.17) is 12.2 Å². The number of thiocarbonyl (C=S) groups is 1. The van der Waals surface area contributed by atoms with Crippen molar-refractivity contribution in [2.45, 2.75) is 12.5 Å². The third-order valence-corrected chi connectivity index (χ3v) is 3.70. The van der Waals surface area contributed by atoms with E-state index in [0.717, 1.165) is 9.13 Å². The van der Waals surface area contributed by atoms with Crippen molar-refractivity contribution in [3.05, 3.63) is 33.4 Å². The zero-order valence-electron chi connectivity index (χ0n) is 8.00. The lowest BCUT2D eigenvalue weighted by Gasteiger charge is -2.23. The van der Waals surface area contributed by atoms with Crippen molar-refractivity contribution in [2.24, 2.45) is 0 Å². The van der Waals surface area contributed by atoms with Crippen LogP contribution in [0.3, 0.4) is 0 Å². The predicted molar refractivity (Wildman–Crippen MR) is 70.8 cm³/mol. The van der Waals surface area contributed by atoms with Crippen molar-refractivity contribution in [3.8, 4) is 0 Å². The van der Waals surface area contributed by atoms with E-state index in [1.54, 1.807) is 0 Å². The van der Waals surface area contributed by atoms with Crippen molar-refractivity contribution in [1.82, 2.24) is 10.6 Å². The van der Waals surface area contributed by atoms with Gasteiger partial charge in [-0.15, -0.1) is 0 Å². The van der Waals surface area contributed by atoms with E-state index in [-0.39, 0.29) is 6.03 Å². The molecule has 1 atom stereocenters. The molecule has 2 amide bonds. The fourth-order valence-corrected chi connectivity index (χ4v) is 2.15. The smallest absolute Gasteiger partial charge is 0.320 e. The van der Waals surface area contributed by atoms with Crippen LogP contribution in [0.4, 0.5) is 4.79 Å². The van der Waals surface area contributed by atoms with Crippen LogP contribution in [0.5, 0.6) is 0 Å². The summed E-state index contributed by atoms with van der Waals surface area (Å²) < 4.78 is 1.16. The third kappa shape index (κ3) is 1.85. The Labute approximate surface area is 107 Å². The fraction of sp³-hybridized carbons (Fsp3) is 0.200. The summed E-state index contributed by atoms with van der Waals surface area (Å²) in [5.74, 6) is 0. The van der Waals surface area contributed by atoms with Crippen LogP contribution in [0.1, 0.15) is 12.5 Å². The highest BCUT2D eigenvalue weighted by Gasteiger charge is 2.39. The number of rotatable bonds is 1. The largest absolute Gasteiger partial charge is 0.322 e. The molecule has 78 valence electrons. The molecule has 1 aromatic carbocycles. The molecule has 5 heteroatoms. The normalized spacial score (nSPS) is 24.9. The number of nitrogens with one attached hydrogen (secondary N) is 2. The minimum atomic E-state index is -0.573. The van der Waals surface area contributed by atoms with E-state index >= 15 is 0 Å². The van der Waals surface area contributed by atoms with Gasteiger partial charge in [0.15, 0.2) is 0 Å². The van der Waals surface area contributed by atoms with Crippen LogP contribution >= 0.6 is 34.8 Å². The Morgan fingerprint density at radius 3 is 2.40 bits per heavy atom. The van der Waals surface area contributed by atoms with Crippen LogP contribution in [-0.4, -0.2) is 11.0 Å². The van der Waals surface area contributed by atoms with Crippen LogP contribution < -0.4 is 10.6 Å². The molecular formula is C10H9IN2OS. The fourth-order valence-electron chi connectivity index (χ4n) is 1.53. The Morgan fingerprint density at radius 1 is 1.33 bits per heavy atom. The number of halogens is 1. The lowest BCUT2D eigenvalue weighted by molar-refractivity contribution is 0.245. The van der Waals surface area contributed by atoms with Crippen LogP contribution in [0.2, 0.25) is 0 Å². The van der Waals surface area contributed by atoms with E-state index in [1.807, 2.05) is 31.2 Å². The van der Waals surface area contributed by atoms with E-state index in [9.17, 15) is 4.79 Å². The van der Waals surface area contributed by atoms with Gasteiger partial charge in [-0.25, -0.2) is 4.79 Å². The van der Waals surface area contributed by atoms with Gasteiger partial charge in [-0.2, -0.15) is 0 Å². The van der Waals surface area contributed by atoms with E-state index < -0.39 is 5.54 Å². The number of urea groups is 1. The maximum atomic E-state index is 11.2. The monoisotopic (exact) mass is 332 g/mol. The van der Waals surface area contributed by atoms with Gasteiger partial charge in [0.1, 0.15) is 10.5 Å². The summed E-state index contributed by atoms with van der Waals surface area (Å²) in [4.78, 5) is 11.7. The lowest BCUT2D eigenvalue weighted by Crippen LogP contribution is -2.39. The standard InChI is InChI=1S/C10H9IN2OS/c1-10(8(15)12-9(14)13-10)6-2-4-7(11)5-3-6/h2-5H,1H3,(H2,12,13,14,15).